The minimum absolute atomic E-state index is 0.0637. The van der Waals surface area contributed by atoms with Crippen molar-refractivity contribution in [2.45, 2.75) is 57.9 Å². The van der Waals surface area contributed by atoms with E-state index < -0.39 is 28.5 Å². The minimum atomic E-state index is -4.15. The number of nitrogens with zero attached hydrogens (tertiary/aromatic N) is 2. The van der Waals surface area contributed by atoms with Crippen LogP contribution in [0.15, 0.2) is 77.7 Å². The number of carbonyl (C=O) groups is 2. The molecule has 0 saturated heterocycles. The molecule has 0 heterocycles. The molecule has 214 valence electrons. The summed E-state index contributed by atoms with van der Waals surface area (Å²) in [5, 5.41) is 3.29. The van der Waals surface area contributed by atoms with Crippen LogP contribution in [-0.2, 0) is 26.0 Å². The number of benzene rings is 3. The van der Waals surface area contributed by atoms with Crippen LogP contribution in [0.25, 0.3) is 0 Å². The Morgan fingerprint density at radius 2 is 1.60 bits per heavy atom. The van der Waals surface area contributed by atoms with Gasteiger partial charge in [0.1, 0.15) is 12.6 Å². The number of nitrogens with one attached hydrogen (secondary N) is 1. The molecule has 3 aromatic carbocycles. The van der Waals surface area contributed by atoms with E-state index >= 15 is 0 Å². The number of carbonyl (C=O) groups excluding carboxylic acids is 2. The molecule has 0 unspecified atom stereocenters. The van der Waals surface area contributed by atoms with Crippen LogP contribution in [0.3, 0.4) is 0 Å². The fourth-order valence-electron chi connectivity index (χ4n) is 4.48. The number of anilines is 1. The normalized spacial score (nSPS) is 12.0. The van der Waals surface area contributed by atoms with Crippen LogP contribution >= 0.6 is 11.6 Å². The average Bonchev–Trinajstić information content (AvgIpc) is 2.95. The summed E-state index contributed by atoms with van der Waals surface area (Å²) in [5.74, 6) is -0.720. The summed E-state index contributed by atoms with van der Waals surface area (Å²) < 4.78 is 29.1. The SMILES string of the molecule is CCCNC(=O)[C@H](CC)N(CCc1ccccc1)C(=O)CN(c1cccc(Cl)c1C)S(=O)(=O)c1ccc(C)cc1. The third kappa shape index (κ3) is 7.64. The smallest absolute Gasteiger partial charge is 0.264 e. The third-order valence-electron chi connectivity index (χ3n) is 6.81. The molecule has 1 atom stereocenters. The lowest BCUT2D eigenvalue weighted by Gasteiger charge is -2.33. The third-order valence-corrected chi connectivity index (χ3v) is 9.00. The standard InChI is InChI=1S/C31H38ClN3O4S/c1-5-20-33-31(37)28(6-2)34(21-19-25-11-8-7-9-12-25)30(36)22-35(29-14-10-13-27(32)24(29)4)40(38,39)26-17-15-23(3)16-18-26/h7-18,28H,5-6,19-22H2,1-4H3,(H,33,37)/t28-/m0/s1. The van der Waals surface area contributed by atoms with Crippen LogP contribution in [0, 0.1) is 13.8 Å². The molecular weight excluding hydrogens is 546 g/mol. The molecule has 0 aliphatic carbocycles. The molecule has 0 radical (unpaired) electrons. The van der Waals surface area contributed by atoms with E-state index in [4.69, 9.17) is 11.6 Å². The van der Waals surface area contributed by atoms with Crippen LogP contribution in [0.5, 0.6) is 0 Å². The number of sulfonamides is 1. The fraction of sp³-hybridized carbons (Fsp3) is 0.355. The van der Waals surface area contributed by atoms with Gasteiger partial charge in [0.25, 0.3) is 10.0 Å². The lowest BCUT2D eigenvalue weighted by molar-refractivity contribution is -0.139. The molecule has 3 rings (SSSR count). The highest BCUT2D eigenvalue weighted by atomic mass is 35.5. The fourth-order valence-corrected chi connectivity index (χ4v) is 6.12. The molecule has 0 aliphatic rings. The maximum Gasteiger partial charge on any atom is 0.264 e. The summed E-state index contributed by atoms with van der Waals surface area (Å²) in [6.07, 6.45) is 1.67. The molecule has 0 spiro atoms. The van der Waals surface area contributed by atoms with Gasteiger partial charge in [0, 0.05) is 18.1 Å². The zero-order valence-corrected chi connectivity index (χ0v) is 25.1. The van der Waals surface area contributed by atoms with Gasteiger partial charge in [-0.2, -0.15) is 0 Å². The largest absolute Gasteiger partial charge is 0.354 e. The molecule has 3 aromatic rings. The van der Waals surface area contributed by atoms with Crippen molar-refractivity contribution in [2.75, 3.05) is 23.9 Å². The molecule has 1 N–H and O–H groups in total. The molecule has 0 fully saturated rings. The highest BCUT2D eigenvalue weighted by Gasteiger charge is 2.34. The Morgan fingerprint density at radius 3 is 2.23 bits per heavy atom. The Hall–Kier alpha value is -3.36. The second-order valence-corrected chi connectivity index (χ2v) is 12.0. The molecule has 0 aliphatic heterocycles. The molecule has 0 bridgehead atoms. The van der Waals surface area contributed by atoms with E-state index in [0.717, 1.165) is 21.9 Å². The molecular formula is C31H38ClN3O4S. The van der Waals surface area contributed by atoms with Gasteiger partial charge in [-0.3, -0.25) is 13.9 Å². The monoisotopic (exact) mass is 583 g/mol. The van der Waals surface area contributed by atoms with E-state index in [2.05, 4.69) is 5.32 Å². The first kappa shape index (κ1) is 31.2. The van der Waals surface area contributed by atoms with Crippen molar-refractivity contribution in [3.05, 3.63) is 94.5 Å². The van der Waals surface area contributed by atoms with Gasteiger partial charge in [-0.15, -0.1) is 0 Å². The number of rotatable bonds is 13. The van der Waals surface area contributed by atoms with Gasteiger partial charge in [0.05, 0.1) is 10.6 Å². The van der Waals surface area contributed by atoms with Crippen molar-refractivity contribution in [1.82, 2.24) is 10.2 Å². The minimum Gasteiger partial charge on any atom is -0.354 e. The lowest BCUT2D eigenvalue weighted by atomic mass is 10.1. The lowest BCUT2D eigenvalue weighted by Crippen LogP contribution is -2.53. The van der Waals surface area contributed by atoms with Crippen LogP contribution in [-0.4, -0.2) is 50.8 Å². The quantitative estimate of drug-likeness (QED) is 0.287. The first-order valence-electron chi connectivity index (χ1n) is 13.6. The van der Waals surface area contributed by atoms with Crippen molar-refractivity contribution in [3.63, 3.8) is 0 Å². The summed E-state index contributed by atoms with van der Waals surface area (Å²) >= 11 is 6.38. The van der Waals surface area contributed by atoms with E-state index in [-0.39, 0.29) is 17.3 Å². The maximum absolute atomic E-state index is 14.1. The first-order valence-corrected chi connectivity index (χ1v) is 15.4. The van der Waals surface area contributed by atoms with Gasteiger partial charge in [-0.25, -0.2) is 8.42 Å². The van der Waals surface area contributed by atoms with Crippen molar-refractivity contribution >= 4 is 39.1 Å². The van der Waals surface area contributed by atoms with Crippen molar-refractivity contribution in [1.29, 1.82) is 0 Å². The van der Waals surface area contributed by atoms with Crippen LogP contribution < -0.4 is 9.62 Å². The second-order valence-electron chi connectivity index (χ2n) is 9.75. The number of amides is 2. The Kier molecular flexibility index (Phi) is 11.2. The summed E-state index contributed by atoms with van der Waals surface area (Å²) in [6, 6.07) is 20.4. The van der Waals surface area contributed by atoms with Crippen LogP contribution in [0.4, 0.5) is 5.69 Å². The average molecular weight is 584 g/mol. The molecule has 2 amide bonds. The van der Waals surface area contributed by atoms with E-state index in [9.17, 15) is 18.0 Å². The number of hydrogen-bond acceptors (Lipinski definition) is 4. The molecule has 0 aromatic heterocycles. The first-order chi connectivity index (χ1) is 19.1. The van der Waals surface area contributed by atoms with Gasteiger partial charge < -0.3 is 10.2 Å². The topological polar surface area (TPSA) is 86.8 Å². The second kappa shape index (κ2) is 14.3. The number of hydrogen-bond donors (Lipinski definition) is 1. The van der Waals surface area contributed by atoms with Gasteiger partial charge in [-0.1, -0.05) is 79.5 Å². The van der Waals surface area contributed by atoms with Gasteiger partial charge >= 0.3 is 0 Å². The van der Waals surface area contributed by atoms with Crippen molar-refractivity contribution in [3.8, 4) is 0 Å². The zero-order valence-electron chi connectivity index (χ0n) is 23.6. The molecule has 40 heavy (non-hydrogen) atoms. The summed E-state index contributed by atoms with van der Waals surface area (Å²) in [4.78, 5) is 28.8. The zero-order chi connectivity index (χ0) is 29.3. The molecule has 7 nitrogen and oxygen atoms in total. The molecule has 9 heteroatoms. The van der Waals surface area contributed by atoms with Gasteiger partial charge in [0.15, 0.2) is 0 Å². The summed E-state index contributed by atoms with van der Waals surface area (Å²) in [6.45, 7) is 7.67. The van der Waals surface area contributed by atoms with E-state index in [1.165, 1.54) is 17.0 Å². The highest BCUT2D eigenvalue weighted by Crippen LogP contribution is 2.31. The molecule has 0 saturated carbocycles. The Balaban J connectivity index is 2.04. The van der Waals surface area contributed by atoms with Crippen molar-refractivity contribution in [2.24, 2.45) is 0 Å². The Labute approximate surface area is 243 Å². The predicted molar refractivity (Wildman–Crippen MR) is 161 cm³/mol. The van der Waals surface area contributed by atoms with Gasteiger partial charge in [-0.05, 0) is 68.5 Å². The van der Waals surface area contributed by atoms with E-state index in [1.54, 1.807) is 37.3 Å². The highest BCUT2D eigenvalue weighted by molar-refractivity contribution is 7.92. The predicted octanol–water partition coefficient (Wildman–Crippen LogP) is 5.53. The van der Waals surface area contributed by atoms with E-state index in [1.807, 2.05) is 51.1 Å². The van der Waals surface area contributed by atoms with Gasteiger partial charge in [0.2, 0.25) is 11.8 Å². The number of aryl methyl sites for hydroxylation is 1. The van der Waals surface area contributed by atoms with Crippen LogP contribution in [0.2, 0.25) is 5.02 Å². The number of halogens is 1. The van der Waals surface area contributed by atoms with Crippen LogP contribution in [0.1, 0.15) is 43.4 Å². The Bertz CT molecular complexity index is 1400. The maximum atomic E-state index is 14.1. The summed E-state index contributed by atoms with van der Waals surface area (Å²) in [7, 11) is -4.15. The Morgan fingerprint density at radius 1 is 0.925 bits per heavy atom. The van der Waals surface area contributed by atoms with E-state index in [0.29, 0.717) is 35.7 Å². The van der Waals surface area contributed by atoms with Crippen molar-refractivity contribution < 1.29 is 18.0 Å². The summed E-state index contributed by atoms with van der Waals surface area (Å²) in [5.41, 5.74) is 2.78.